The molecule has 5 heteroatoms. The maximum Gasteiger partial charge on any atom is 0.191 e. The lowest BCUT2D eigenvalue weighted by Crippen LogP contribution is -2.38. The number of halogens is 1. The summed E-state index contributed by atoms with van der Waals surface area (Å²) in [6.07, 6.45) is 5.05. The van der Waals surface area contributed by atoms with Gasteiger partial charge in [-0.15, -0.1) is 24.0 Å². The quantitative estimate of drug-likeness (QED) is 0.453. The van der Waals surface area contributed by atoms with Crippen LogP contribution in [0.15, 0.2) is 29.3 Å². The SMILES string of the molecule is CCOCc1ccccc1CN=C(N)N1CCCCCC1.I. The predicted octanol–water partition coefficient (Wildman–Crippen LogP) is 3.53. The molecule has 1 aromatic carbocycles. The van der Waals surface area contributed by atoms with E-state index >= 15 is 0 Å². The minimum Gasteiger partial charge on any atom is -0.377 e. The van der Waals surface area contributed by atoms with E-state index in [0.717, 1.165) is 19.7 Å². The molecule has 0 unspecified atom stereocenters. The predicted molar refractivity (Wildman–Crippen MR) is 103 cm³/mol. The normalized spacial score (nSPS) is 16.0. The van der Waals surface area contributed by atoms with Crippen molar-refractivity contribution in [2.45, 2.75) is 45.8 Å². The number of nitrogens with two attached hydrogens (primary N) is 1. The molecule has 0 atom stereocenters. The zero-order chi connectivity index (χ0) is 14.9. The lowest BCUT2D eigenvalue weighted by atomic mass is 10.1. The van der Waals surface area contributed by atoms with Crippen molar-refractivity contribution >= 4 is 29.9 Å². The van der Waals surface area contributed by atoms with Crippen LogP contribution in [0.1, 0.15) is 43.7 Å². The Kier molecular flexibility index (Phi) is 9.47. The summed E-state index contributed by atoms with van der Waals surface area (Å²) in [4.78, 5) is 6.81. The Morgan fingerprint density at radius 1 is 1.14 bits per heavy atom. The number of hydrogen-bond acceptors (Lipinski definition) is 2. The second-order valence-electron chi connectivity index (χ2n) is 5.48. The van der Waals surface area contributed by atoms with Crippen molar-refractivity contribution in [1.82, 2.24) is 4.90 Å². The molecule has 2 rings (SSSR count). The second kappa shape index (κ2) is 10.8. The Morgan fingerprint density at radius 3 is 2.41 bits per heavy atom. The van der Waals surface area contributed by atoms with Gasteiger partial charge in [0, 0.05) is 19.7 Å². The average molecular weight is 417 g/mol. The molecule has 0 radical (unpaired) electrons. The van der Waals surface area contributed by atoms with Crippen molar-refractivity contribution in [2.24, 2.45) is 10.7 Å². The molecule has 1 heterocycles. The van der Waals surface area contributed by atoms with E-state index in [9.17, 15) is 0 Å². The van der Waals surface area contributed by atoms with Gasteiger partial charge in [-0.3, -0.25) is 0 Å². The second-order valence-corrected chi connectivity index (χ2v) is 5.48. The van der Waals surface area contributed by atoms with Gasteiger partial charge in [-0.25, -0.2) is 4.99 Å². The Morgan fingerprint density at radius 2 is 1.77 bits per heavy atom. The molecule has 0 saturated carbocycles. The third-order valence-corrected chi connectivity index (χ3v) is 3.92. The van der Waals surface area contributed by atoms with E-state index in [2.05, 4.69) is 22.0 Å². The van der Waals surface area contributed by atoms with Crippen LogP contribution in [0.5, 0.6) is 0 Å². The molecule has 0 spiro atoms. The minimum absolute atomic E-state index is 0. The number of aliphatic imine (C=N–C) groups is 1. The van der Waals surface area contributed by atoms with Crippen LogP contribution >= 0.6 is 24.0 Å². The molecule has 0 aliphatic carbocycles. The minimum atomic E-state index is 0. The first-order valence-corrected chi connectivity index (χ1v) is 8.00. The van der Waals surface area contributed by atoms with Crippen molar-refractivity contribution < 1.29 is 4.74 Å². The van der Waals surface area contributed by atoms with E-state index in [0.29, 0.717) is 19.1 Å². The lowest BCUT2D eigenvalue weighted by Gasteiger charge is -2.21. The largest absolute Gasteiger partial charge is 0.377 e. The number of nitrogens with zero attached hydrogens (tertiary/aromatic N) is 2. The summed E-state index contributed by atoms with van der Waals surface area (Å²) in [7, 11) is 0. The van der Waals surface area contributed by atoms with Crippen LogP contribution in [-0.2, 0) is 17.9 Å². The van der Waals surface area contributed by atoms with Gasteiger partial charge in [-0.2, -0.15) is 0 Å². The third kappa shape index (κ3) is 6.12. The Labute approximate surface area is 151 Å². The van der Waals surface area contributed by atoms with Crippen LogP contribution in [-0.4, -0.2) is 30.6 Å². The first-order valence-electron chi connectivity index (χ1n) is 8.00. The summed E-state index contributed by atoms with van der Waals surface area (Å²) in [5.74, 6) is 0.683. The number of guanidine groups is 1. The van der Waals surface area contributed by atoms with Gasteiger partial charge in [0.2, 0.25) is 0 Å². The highest BCUT2D eigenvalue weighted by molar-refractivity contribution is 14.0. The summed E-state index contributed by atoms with van der Waals surface area (Å²) >= 11 is 0. The molecule has 0 bridgehead atoms. The summed E-state index contributed by atoms with van der Waals surface area (Å²) in [6.45, 7) is 6.09. The standard InChI is InChI=1S/C17H27N3O.HI/c1-2-21-14-16-10-6-5-9-15(16)13-19-17(18)20-11-7-3-4-8-12-20;/h5-6,9-10H,2-4,7-8,11-14H2,1H3,(H2,18,19);1H. The van der Waals surface area contributed by atoms with Gasteiger partial charge >= 0.3 is 0 Å². The number of hydrogen-bond donors (Lipinski definition) is 1. The highest BCUT2D eigenvalue weighted by atomic mass is 127. The number of ether oxygens (including phenoxy) is 1. The molecule has 1 aromatic rings. The van der Waals surface area contributed by atoms with Crippen LogP contribution in [0.2, 0.25) is 0 Å². The van der Waals surface area contributed by atoms with Crippen molar-refractivity contribution in [1.29, 1.82) is 0 Å². The molecular weight excluding hydrogens is 389 g/mol. The van der Waals surface area contributed by atoms with Crippen LogP contribution in [0.3, 0.4) is 0 Å². The van der Waals surface area contributed by atoms with Gasteiger partial charge in [0.15, 0.2) is 5.96 Å². The maximum atomic E-state index is 6.16. The van der Waals surface area contributed by atoms with Crippen LogP contribution in [0.4, 0.5) is 0 Å². The topological polar surface area (TPSA) is 50.9 Å². The smallest absolute Gasteiger partial charge is 0.191 e. The molecule has 0 aromatic heterocycles. The third-order valence-electron chi connectivity index (χ3n) is 3.92. The van der Waals surface area contributed by atoms with Gasteiger partial charge < -0.3 is 15.4 Å². The Bertz CT molecular complexity index is 457. The van der Waals surface area contributed by atoms with Gasteiger partial charge in [-0.1, -0.05) is 37.1 Å². The molecule has 1 aliphatic heterocycles. The number of rotatable bonds is 5. The molecule has 4 nitrogen and oxygen atoms in total. The molecule has 0 amide bonds. The van der Waals surface area contributed by atoms with Gasteiger partial charge in [-0.05, 0) is 30.9 Å². The van der Waals surface area contributed by atoms with E-state index < -0.39 is 0 Å². The Hall–Kier alpha value is -0.820. The van der Waals surface area contributed by atoms with E-state index in [-0.39, 0.29) is 24.0 Å². The highest BCUT2D eigenvalue weighted by Gasteiger charge is 2.11. The monoisotopic (exact) mass is 417 g/mol. The first kappa shape index (κ1) is 19.2. The fourth-order valence-electron chi connectivity index (χ4n) is 2.63. The van der Waals surface area contributed by atoms with E-state index in [4.69, 9.17) is 10.5 Å². The highest BCUT2D eigenvalue weighted by Crippen LogP contribution is 2.13. The number of likely N-dealkylation sites (tertiary alicyclic amines) is 1. The molecule has 22 heavy (non-hydrogen) atoms. The van der Waals surface area contributed by atoms with Gasteiger partial charge in [0.1, 0.15) is 0 Å². The van der Waals surface area contributed by atoms with E-state index in [1.165, 1.54) is 36.8 Å². The van der Waals surface area contributed by atoms with E-state index in [1.54, 1.807) is 0 Å². The van der Waals surface area contributed by atoms with Crippen molar-refractivity contribution in [3.05, 3.63) is 35.4 Å². The fourth-order valence-corrected chi connectivity index (χ4v) is 2.63. The van der Waals surface area contributed by atoms with Gasteiger partial charge in [0.25, 0.3) is 0 Å². The van der Waals surface area contributed by atoms with Crippen LogP contribution < -0.4 is 5.73 Å². The molecule has 2 N–H and O–H groups in total. The fraction of sp³-hybridized carbons (Fsp3) is 0.588. The first-order chi connectivity index (χ1) is 10.3. The maximum absolute atomic E-state index is 6.16. The molecule has 1 fully saturated rings. The van der Waals surface area contributed by atoms with E-state index in [1.807, 2.05) is 19.1 Å². The number of benzene rings is 1. The van der Waals surface area contributed by atoms with Crippen molar-refractivity contribution in [3.63, 3.8) is 0 Å². The van der Waals surface area contributed by atoms with Crippen LogP contribution in [0, 0.1) is 0 Å². The molecule has 124 valence electrons. The summed E-state index contributed by atoms with van der Waals surface area (Å²) in [5, 5.41) is 0. The van der Waals surface area contributed by atoms with Crippen molar-refractivity contribution in [3.8, 4) is 0 Å². The zero-order valence-electron chi connectivity index (χ0n) is 13.5. The zero-order valence-corrected chi connectivity index (χ0v) is 15.8. The summed E-state index contributed by atoms with van der Waals surface area (Å²) in [5.41, 5.74) is 8.56. The average Bonchev–Trinajstić information content (AvgIpc) is 2.80. The Balaban J connectivity index is 0.00000242. The molecule has 1 aliphatic rings. The summed E-state index contributed by atoms with van der Waals surface area (Å²) < 4.78 is 5.51. The molecule has 1 saturated heterocycles. The van der Waals surface area contributed by atoms with Crippen LogP contribution in [0.25, 0.3) is 0 Å². The summed E-state index contributed by atoms with van der Waals surface area (Å²) in [6, 6.07) is 8.29. The van der Waals surface area contributed by atoms with Crippen molar-refractivity contribution in [2.75, 3.05) is 19.7 Å². The lowest BCUT2D eigenvalue weighted by molar-refractivity contribution is 0.133. The van der Waals surface area contributed by atoms with Gasteiger partial charge in [0.05, 0.1) is 13.2 Å². The molecular formula is C17H28IN3O.